The highest BCUT2D eigenvalue weighted by Gasteiger charge is 2.76. The van der Waals surface area contributed by atoms with Gasteiger partial charge in [0, 0.05) is 12.0 Å². The topological polar surface area (TPSA) is 104 Å². The average Bonchev–Trinajstić information content (AvgIpc) is 3.16. The smallest absolute Gasteiger partial charge is 0.331 e. The first kappa shape index (κ1) is 21.5. The summed E-state index contributed by atoms with van der Waals surface area (Å²) >= 11 is 0. The molecule has 3 N–H and O–H groups in total. The fraction of sp³-hybridized carbons (Fsp3) is 0.667. The Kier molecular flexibility index (Phi) is 4.74. The normalized spacial score (nSPS) is 46.3. The zero-order chi connectivity index (χ0) is 22.2. The van der Waals surface area contributed by atoms with Crippen molar-refractivity contribution >= 4 is 11.8 Å². The molecule has 2 fully saturated rings. The van der Waals surface area contributed by atoms with Gasteiger partial charge in [-0.3, -0.25) is 4.79 Å². The molecule has 0 unspecified atom stereocenters. The van der Waals surface area contributed by atoms with Crippen molar-refractivity contribution in [2.75, 3.05) is 6.61 Å². The molecule has 6 heteroatoms. The SMILES string of the molecule is C/C=C/C(=O)O[C@H]1C(C)=C[C@]23C(=O)[C@@H](C=C(CO)[C@@H](O)[C@]12O)[C@H]1[C@@H](C[C@H]3C)C1(C)C. The van der Waals surface area contributed by atoms with Gasteiger partial charge in [0.15, 0.2) is 17.5 Å². The summed E-state index contributed by atoms with van der Waals surface area (Å²) < 4.78 is 5.59. The second kappa shape index (κ2) is 6.62. The Hall–Kier alpha value is -1.76. The number of esters is 1. The van der Waals surface area contributed by atoms with Gasteiger partial charge >= 0.3 is 5.97 Å². The van der Waals surface area contributed by atoms with E-state index in [-0.39, 0.29) is 28.6 Å². The fourth-order valence-corrected chi connectivity index (χ4v) is 6.89. The van der Waals surface area contributed by atoms with Crippen molar-refractivity contribution in [1.82, 2.24) is 0 Å². The Balaban J connectivity index is 1.92. The molecule has 6 nitrogen and oxygen atoms in total. The van der Waals surface area contributed by atoms with Crippen molar-refractivity contribution in [2.45, 2.75) is 58.8 Å². The second-order valence-corrected chi connectivity index (χ2v) is 10.2. The van der Waals surface area contributed by atoms with Gasteiger partial charge in [0.05, 0.1) is 12.0 Å². The number of allylic oxidation sites excluding steroid dienone is 2. The summed E-state index contributed by atoms with van der Waals surface area (Å²) in [5.74, 6) is -1.16. The molecule has 0 amide bonds. The zero-order valence-electron chi connectivity index (χ0n) is 18.3. The van der Waals surface area contributed by atoms with E-state index in [1.807, 2.05) is 6.92 Å². The van der Waals surface area contributed by atoms with Crippen LogP contribution in [0.2, 0.25) is 0 Å². The second-order valence-electron chi connectivity index (χ2n) is 10.2. The molecule has 0 aliphatic heterocycles. The molecule has 0 radical (unpaired) electrons. The van der Waals surface area contributed by atoms with Crippen molar-refractivity contribution in [3.05, 3.63) is 35.5 Å². The number of rotatable bonds is 3. The van der Waals surface area contributed by atoms with Crippen LogP contribution in [0, 0.1) is 34.5 Å². The van der Waals surface area contributed by atoms with E-state index < -0.39 is 41.7 Å². The van der Waals surface area contributed by atoms with Crippen molar-refractivity contribution < 1.29 is 29.6 Å². The summed E-state index contributed by atoms with van der Waals surface area (Å²) in [7, 11) is 0. The van der Waals surface area contributed by atoms with E-state index >= 15 is 0 Å². The number of carbonyl (C=O) groups is 2. The molecule has 4 aliphatic carbocycles. The molecule has 1 spiro atoms. The van der Waals surface area contributed by atoms with Gasteiger partial charge in [-0.05, 0) is 54.6 Å². The average molecular weight is 417 g/mol. The molecule has 164 valence electrons. The van der Waals surface area contributed by atoms with Crippen molar-refractivity contribution in [3.63, 3.8) is 0 Å². The van der Waals surface area contributed by atoms with Crippen LogP contribution >= 0.6 is 0 Å². The lowest BCUT2D eigenvalue weighted by atomic mass is 9.59. The first-order valence-electron chi connectivity index (χ1n) is 10.8. The number of aliphatic hydroxyl groups is 3. The Morgan fingerprint density at radius 1 is 1.37 bits per heavy atom. The number of hydrogen-bond donors (Lipinski definition) is 3. The molecule has 4 aliphatic rings. The minimum Gasteiger partial charge on any atom is -0.451 e. The molecule has 2 saturated carbocycles. The van der Waals surface area contributed by atoms with Gasteiger partial charge in [0.1, 0.15) is 6.10 Å². The molecule has 0 heterocycles. The van der Waals surface area contributed by atoms with E-state index in [9.17, 15) is 24.9 Å². The summed E-state index contributed by atoms with van der Waals surface area (Å²) in [5, 5.41) is 33.5. The van der Waals surface area contributed by atoms with Crippen LogP contribution in [0.25, 0.3) is 0 Å². The van der Waals surface area contributed by atoms with Crippen LogP contribution in [0.1, 0.15) is 41.0 Å². The maximum absolute atomic E-state index is 14.1. The number of aliphatic hydroxyl groups excluding tert-OH is 2. The lowest BCUT2D eigenvalue weighted by Gasteiger charge is -2.48. The number of ketones is 1. The Morgan fingerprint density at radius 2 is 2.03 bits per heavy atom. The van der Waals surface area contributed by atoms with Gasteiger partial charge in [0.2, 0.25) is 0 Å². The van der Waals surface area contributed by atoms with E-state index in [1.54, 1.807) is 26.0 Å². The van der Waals surface area contributed by atoms with E-state index in [0.717, 1.165) is 6.42 Å². The molecule has 0 saturated heterocycles. The predicted octanol–water partition coefficient (Wildman–Crippen LogP) is 1.94. The number of carbonyl (C=O) groups excluding carboxylic acids is 2. The summed E-state index contributed by atoms with van der Waals surface area (Å²) in [6, 6.07) is 0. The minimum absolute atomic E-state index is 0.0180. The highest BCUT2D eigenvalue weighted by Crippen LogP contribution is 2.71. The third kappa shape index (κ3) is 2.41. The van der Waals surface area contributed by atoms with Gasteiger partial charge in [-0.2, -0.15) is 0 Å². The van der Waals surface area contributed by atoms with Crippen LogP contribution in [-0.2, 0) is 14.3 Å². The number of ether oxygens (including phenoxy) is 1. The highest BCUT2D eigenvalue weighted by molar-refractivity contribution is 5.95. The van der Waals surface area contributed by atoms with Crippen molar-refractivity contribution in [3.8, 4) is 0 Å². The summed E-state index contributed by atoms with van der Waals surface area (Å²) in [6.07, 6.45) is 4.19. The van der Waals surface area contributed by atoms with Crippen LogP contribution in [0.4, 0.5) is 0 Å². The molecule has 0 aromatic rings. The number of fused-ring (bicyclic) bond motifs is 3. The first-order valence-corrected chi connectivity index (χ1v) is 10.8. The Bertz CT molecular complexity index is 882. The molecular formula is C24H32O6. The lowest BCUT2D eigenvalue weighted by molar-refractivity contribution is -0.201. The van der Waals surface area contributed by atoms with Gasteiger partial charge in [0.25, 0.3) is 0 Å². The standard InChI is InChI=1S/C24H32O6/c1-6-7-17(26)30-21-12(2)10-23-13(3)8-16-18(22(16,4)5)15(20(23)28)9-14(11-25)19(27)24(21,23)29/h6-7,9-10,13,15-16,18-19,21,25,27,29H,8,11H2,1-5H3/b7-6+/t13-,15+,16-,18+,19-,21+,23+,24+/m1/s1. The van der Waals surface area contributed by atoms with Gasteiger partial charge in [-0.25, -0.2) is 4.79 Å². The van der Waals surface area contributed by atoms with E-state index in [4.69, 9.17) is 4.74 Å². The van der Waals surface area contributed by atoms with Crippen molar-refractivity contribution in [2.24, 2.45) is 34.5 Å². The molecule has 2 bridgehead atoms. The van der Waals surface area contributed by atoms with Crippen LogP contribution in [0.15, 0.2) is 35.5 Å². The molecule has 0 aromatic heterocycles. The van der Waals surface area contributed by atoms with Gasteiger partial charge in [-0.15, -0.1) is 0 Å². The summed E-state index contributed by atoms with van der Waals surface area (Å²) in [6.45, 7) is 9.15. The monoisotopic (exact) mass is 416 g/mol. The Morgan fingerprint density at radius 3 is 2.63 bits per heavy atom. The van der Waals surface area contributed by atoms with Gasteiger partial charge in [-0.1, -0.05) is 39.0 Å². The van der Waals surface area contributed by atoms with E-state index in [1.165, 1.54) is 12.2 Å². The first-order chi connectivity index (χ1) is 14.0. The number of Topliss-reactive ketones (excluding diaryl/α,β-unsaturated/α-hetero) is 1. The number of hydrogen-bond acceptors (Lipinski definition) is 6. The largest absolute Gasteiger partial charge is 0.451 e. The maximum Gasteiger partial charge on any atom is 0.331 e. The highest BCUT2D eigenvalue weighted by atomic mass is 16.6. The molecule has 0 aromatic carbocycles. The lowest BCUT2D eigenvalue weighted by Crippen LogP contribution is -2.65. The van der Waals surface area contributed by atoms with Crippen LogP contribution < -0.4 is 0 Å². The van der Waals surface area contributed by atoms with Crippen LogP contribution in [0.5, 0.6) is 0 Å². The molecular weight excluding hydrogens is 384 g/mol. The van der Waals surface area contributed by atoms with E-state index in [2.05, 4.69) is 13.8 Å². The summed E-state index contributed by atoms with van der Waals surface area (Å²) in [5.41, 5.74) is -2.73. The zero-order valence-corrected chi connectivity index (χ0v) is 18.3. The quantitative estimate of drug-likeness (QED) is 0.369. The third-order valence-corrected chi connectivity index (χ3v) is 8.43. The summed E-state index contributed by atoms with van der Waals surface area (Å²) in [4.78, 5) is 26.4. The fourth-order valence-electron chi connectivity index (χ4n) is 6.89. The maximum atomic E-state index is 14.1. The molecule has 30 heavy (non-hydrogen) atoms. The van der Waals surface area contributed by atoms with Gasteiger partial charge < -0.3 is 20.1 Å². The van der Waals surface area contributed by atoms with Crippen molar-refractivity contribution in [1.29, 1.82) is 0 Å². The molecule has 4 rings (SSSR count). The Labute approximate surface area is 177 Å². The third-order valence-electron chi connectivity index (χ3n) is 8.43. The molecule has 8 atom stereocenters. The van der Waals surface area contributed by atoms with E-state index in [0.29, 0.717) is 11.5 Å². The predicted molar refractivity (Wildman–Crippen MR) is 110 cm³/mol. The van der Waals surface area contributed by atoms with Crippen LogP contribution in [-0.4, -0.2) is 51.5 Å². The minimum atomic E-state index is -2.07. The van der Waals surface area contributed by atoms with Crippen LogP contribution in [0.3, 0.4) is 0 Å².